The van der Waals surface area contributed by atoms with Gasteiger partial charge in [-0.1, -0.05) is 6.07 Å². The van der Waals surface area contributed by atoms with E-state index in [9.17, 15) is 9.90 Å². The Morgan fingerprint density at radius 1 is 1.56 bits per heavy atom. The molecular weight excluding hydrogens is 208 g/mol. The first-order chi connectivity index (χ1) is 7.54. The fraction of sp³-hybridized carbons (Fsp3) is 0.417. The number of fused-ring (bicyclic) bond motifs is 1. The summed E-state index contributed by atoms with van der Waals surface area (Å²) in [7, 11) is 1.33. The molecule has 4 heteroatoms. The third-order valence-corrected chi connectivity index (χ3v) is 2.83. The van der Waals surface area contributed by atoms with E-state index in [1.54, 1.807) is 25.1 Å². The quantitative estimate of drug-likeness (QED) is 0.731. The zero-order valence-corrected chi connectivity index (χ0v) is 9.32. The molecule has 1 aliphatic heterocycles. The summed E-state index contributed by atoms with van der Waals surface area (Å²) in [5, 5.41) is 10.1. The average molecular weight is 222 g/mol. The molecule has 0 bridgehead atoms. The Hall–Kier alpha value is -1.55. The highest BCUT2D eigenvalue weighted by molar-refractivity contribution is 5.90. The van der Waals surface area contributed by atoms with Crippen molar-refractivity contribution in [1.29, 1.82) is 0 Å². The van der Waals surface area contributed by atoms with Crippen LogP contribution in [0.15, 0.2) is 18.2 Å². The zero-order valence-electron chi connectivity index (χ0n) is 9.32. The standard InChI is InChI=1S/C12H14O4/c1-12(14)5-6-16-10-7-8(11(13)15-2)3-4-9(10)12/h3-4,7,14H,5-6H2,1-2H3/t12-/m1/s1. The second kappa shape index (κ2) is 3.79. The molecule has 0 fully saturated rings. The van der Waals surface area contributed by atoms with Crippen LogP contribution in [0, 0.1) is 0 Å². The van der Waals surface area contributed by atoms with Crippen molar-refractivity contribution >= 4 is 5.97 Å². The highest BCUT2D eigenvalue weighted by Gasteiger charge is 2.31. The number of rotatable bonds is 1. The van der Waals surface area contributed by atoms with Crippen LogP contribution in [0.5, 0.6) is 5.75 Å². The smallest absolute Gasteiger partial charge is 0.337 e. The molecule has 0 aliphatic carbocycles. The molecule has 0 radical (unpaired) electrons. The van der Waals surface area contributed by atoms with Gasteiger partial charge in [-0.3, -0.25) is 0 Å². The average Bonchev–Trinajstić information content (AvgIpc) is 2.27. The van der Waals surface area contributed by atoms with Gasteiger partial charge in [-0.05, 0) is 19.1 Å². The minimum absolute atomic E-state index is 0.406. The van der Waals surface area contributed by atoms with Crippen LogP contribution in [0.25, 0.3) is 0 Å². The molecule has 1 aromatic rings. The number of esters is 1. The van der Waals surface area contributed by atoms with Crippen LogP contribution in [-0.2, 0) is 10.3 Å². The fourth-order valence-corrected chi connectivity index (χ4v) is 1.83. The number of aliphatic hydroxyl groups is 1. The molecule has 2 rings (SSSR count). The first kappa shape index (κ1) is 11.0. The zero-order chi connectivity index (χ0) is 11.8. The lowest BCUT2D eigenvalue weighted by Gasteiger charge is -2.31. The summed E-state index contributed by atoms with van der Waals surface area (Å²) in [6.07, 6.45) is 0.553. The molecule has 0 spiro atoms. The highest BCUT2D eigenvalue weighted by Crippen LogP contribution is 2.37. The molecule has 1 heterocycles. The maximum atomic E-state index is 11.3. The number of benzene rings is 1. The minimum atomic E-state index is -0.887. The summed E-state index contributed by atoms with van der Waals surface area (Å²) in [5.41, 5.74) is 0.257. The van der Waals surface area contributed by atoms with E-state index < -0.39 is 11.6 Å². The molecule has 16 heavy (non-hydrogen) atoms. The predicted octanol–water partition coefficient (Wildman–Crippen LogP) is 1.46. The SMILES string of the molecule is COC(=O)c1ccc2c(c1)OCC[C@@]2(C)O. The summed E-state index contributed by atoms with van der Waals surface area (Å²) in [6, 6.07) is 4.95. The number of hydrogen-bond donors (Lipinski definition) is 1. The van der Waals surface area contributed by atoms with Crippen LogP contribution >= 0.6 is 0 Å². The Bertz CT molecular complexity index is 423. The second-order valence-electron chi connectivity index (χ2n) is 4.07. The van der Waals surface area contributed by atoms with Gasteiger partial charge >= 0.3 is 5.97 Å². The van der Waals surface area contributed by atoms with Crippen LogP contribution in [0.1, 0.15) is 29.3 Å². The second-order valence-corrected chi connectivity index (χ2v) is 4.07. The molecule has 0 saturated heterocycles. The molecule has 1 aromatic carbocycles. The molecule has 0 aromatic heterocycles. The van der Waals surface area contributed by atoms with Gasteiger partial charge in [0.15, 0.2) is 0 Å². The monoisotopic (exact) mass is 222 g/mol. The molecular formula is C12H14O4. The van der Waals surface area contributed by atoms with E-state index in [0.717, 1.165) is 0 Å². The summed E-state index contributed by atoms with van der Waals surface area (Å²) in [5.74, 6) is 0.149. The Kier molecular flexibility index (Phi) is 2.59. The Balaban J connectivity index is 2.43. The number of carbonyl (C=O) groups excluding carboxylic acids is 1. The first-order valence-electron chi connectivity index (χ1n) is 5.12. The van der Waals surface area contributed by atoms with Crippen LogP contribution in [0.2, 0.25) is 0 Å². The van der Waals surface area contributed by atoms with Gasteiger partial charge in [0.05, 0.1) is 24.9 Å². The molecule has 1 aliphatic rings. The molecule has 1 N–H and O–H groups in total. The molecule has 1 atom stereocenters. The largest absolute Gasteiger partial charge is 0.493 e. The predicted molar refractivity (Wildman–Crippen MR) is 57.5 cm³/mol. The van der Waals surface area contributed by atoms with Crippen molar-refractivity contribution in [3.8, 4) is 5.75 Å². The summed E-state index contributed by atoms with van der Waals surface area (Å²) < 4.78 is 10.0. The maximum absolute atomic E-state index is 11.3. The van der Waals surface area contributed by atoms with E-state index in [4.69, 9.17) is 4.74 Å². The third-order valence-electron chi connectivity index (χ3n) is 2.83. The molecule has 4 nitrogen and oxygen atoms in total. The van der Waals surface area contributed by atoms with E-state index in [-0.39, 0.29) is 0 Å². The van der Waals surface area contributed by atoms with E-state index in [2.05, 4.69) is 4.74 Å². The van der Waals surface area contributed by atoms with Crippen molar-refractivity contribution in [2.45, 2.75) is 18.9 Å². The van der Waals surface area contributed by atoms with Crippen LogP contribution in [0.3, 0.4) is 0 Å². The summed E-state index contributed by atoms with van der Waals surface area (Å²) in [4.78, 5) is 11.3. The lowest BCUT2D eigenvalue weighted by molar-refractivity contribution is 0.0145. The Morgan fingerprint density at radius 2 is 2.31 bits per heavy atom. The van der Waals surface area contributed by atoms with Gasteiger partial charge < -0.3 is 14.6 Å². The fourth-order valence-electron chi connectivity index (χ4n) is 1.83. The summed E-state index contributed by atoms with van der Waals surface area (Å²) in [6.45, 7) is 2.19. The van der Waals surface area contributed by atoms with Gasteiger partial charge in [-0.15, -0.1) is 0 Å². The van der Waals surface area contributed by atoms with Gasteiger partial charge in [-0.25, -0.2) is 4.79 Å². The Labute approximate surface area is 93.8 Å². The number of hydrogen-bond acceptors (Lipinski definition) is 4. The topological polar surface area (TPSA) is 55.8 Å². The first-order valence-corrected chi connectivity index (χ1v) is 5.12. The van der Waals surface area contributed by atoms with Crippen LogP contribution in [-0.4, -0.2) is 24.8 Å². The number of methoxy groups -OCH3 is 1. The van der Waals surface area contributed by atoms with Gasteiger partial charge in [-0.2, -0.15) is 0 Å². The molecule has 0 saturated carbocycles. The molecule has 0 unspecified atom stereocenters. The van der Waals surface area contributed by atoms with E-state index in [0.29, 0.717) is 29.9 Å². The van der Waals surface area contributed by atoms with Crippen molar-refractivity contribution in [2.24, 2.45) is 0 Å². The van der Waals surface area contributed by atoms with Crippen LogP contribution in [0.4, 0.5) is 0 Å². The third kappa shape index (κ3) is 1.76. The van der Waals surface area contributed by atoms with Gasteiger partial charge in [0.1, 0.15) is 5.75 Å². The number of carbonyl (C=O) groups is 1. The van der Waals surface area contributed by atoms with Crippen molar-refractivity contribution in [3.05, 3.63) is 29.3 Å². The maximum Gasteiger partial charge on any atom is 0.337 e. The molecule has 0 amide bonds. The Morgan fingerprint density at radius 3 is 3.00 bits per heavy atom. The van der Waals surface area contributed by atoms with Crippen molar-refractivity contribution in [2.75, 3.05) is 13.7 Å². The van der Waals surface area contributed by atoms with Gasteiger partial charge in [0, 0.05) is 12.0 Å². The van der Waals surface area contributed by atoms with E-state index in [1.807, 2.05) is 0 Å². The summed E-state index contributed by atoms with van der Waals surface area (Å²) >= 11 is 0. The van der Waals surface area contributed by atoms with Crippen molar-refractivity contribution in [1.82, 2.24) is 0 Å². The lowest BCUT2D eigenvalue weighted by atomic mass is 9.89. The van der Waals surface area contributed by atoms with Gasteiger partial charge in [0.2, 0.25) is 0 Å². The highest BCUT2D eigenvalue weighted by atomic mass is 16.5. The van der Waals surface area contributed by atoms with Gasteiger partial charge in [0.25, 0.3) is 0 Å². The van der Waals surface area contributed by atoms with E-state index in [1.165, 1.54) is 7.11 Å². The number of ether oxygens (including phenoxy) is 2. The lowest BCUT2D eigenvalue weighted by Crippen LogP contribution is -2.29. The van der Waals surface area contributed by atoms with E-state index >= 15 is 0 Å². The normalized spacial score (nSPS) is 23.2. The van der Waals surface area contributed by atoms with Crippen molar-refractivity contribution < 1.29 is 19.4 Å². The molecule has 86 valence electrons. The van der Waals surface area contributed by atoms with Crippen LogP contribution < -0.4 is 4.74 Å². The van der Waals surface area contributed by atoms with Crippen molar-refractivity contribution in [3.63, 3.8) is 0 Å². The minimum Gasteiger partial charge on any atom is -0.493 e.